The molecule has 0 atom stereocenters. The zero-order chi connectivity index (χ0) is 14.9. The van der Waals surface area contributed by atoms with E-state index in [1.54, 1.807) is 0 Å². The van der Waals surface area contributed by atoms with Crippen LogP contribution < -0.4 is 5.73 Å². The molecule has 0 spiro atoms. The molecule has 2 N–H and O–H groups in total. The van der Waals surface area contributed by atoms with Gasteiger partial charge in [0.05, 0.1) is 0 Å². The molecular weight excluding hydrogens is 260 g/mol. The van der Waals surface area contributed by atoms with Crippen molar-refractivity contribution in [1.29, 1.82) is 0 Å². The number of carbonyl (C=O) groups is 1. The summed E-state index contributed by atoms with van der Waals surface area (Å²) in [6.45, 7) is 1.05. The molecule has 3 heteroatoms. The lowest BCUT2D eigenvalue weighted by Gasteiger charge is -2.09. The smallest absolute Gasteiger partial charge is 0.217 e. The van der Waals surface area contributed by atoms with E-state index in [2.05, 4.69) is 53.2 Å². The van der Waals surface area contributed by atoms with Crippen LogP contribution in [0.25, 0.3) is 0 Å². The molecular formula is C18H24N2O. The average molecular weight is 284 g/mol. The molecule has 0 aliphatic rings. The van der Waals surface area contributed by atoms with Crippen LogP contribution in [-0.2, 0) is 17.8 Å². The lowest BCUT2D eigenvalue weighted by molar-refractivity contribution is -0.118. The van der Waals surface area contributed by atoms with Gasteiger partial charge in [-0.2, -0.15) is 0 Å². The molecule has 0 fully saturated rings. The Balaban J connectivity index is 1.74. The number of unbranched alkanes of at least 4 members (excludes halogenated alkanes) is 3. The summed E-state index contributed by atoms with van der Waals surface area (Å²) >= 11 is 0. The molecule has 0 aliphatic heterocycles. The largest absolute Gasteiger partial charge is 0.370 e. The van der Waals surface area contributed by atoms with Crippen LogP contribution in [0.4, 0.5) is 0 Å². The molecule has 112 valence electrons. The number of hydrogen-bond acceptors (Lipinski definition) is 1. The maximum atomic E-state index is 10.7. The monoisotopic (exact) mass is 284 g/mol. The Morgan fingerprint density at radius 2 is 1.71 bits per heavy atom. The van der Waals surface area contributed by atoms with Crippen molar-refractivity contribution in [3.05, 3.63) is 59.9 Å². The maximum Gasteiger partial charge on any atom is 0.217 e. The van der Waals surface area contributed by atoms with E-state index >= 15 is 0 Å². The zero-order valence-electron chi connectivity index (χ0n) is 12.5. The van der Waals surface area contributed by atoms with Gasteiger partial charge in [-0.05, 0) is 30.5 Å². The Morgan fingerprint density at radius 3 is 2.48 bits per heavy atom. The van der Waals surface area contributed by atoms with Crippen molar-refractivity contribution in [2.45, 2.75) is 45.1 Å². The molecule has 0 bridgehead atoms. The first-order valence-corrected chi connectivity index (χ1v) is 7.72. The minimum atomic E-state index is -0.189. The number of amides is 1. The van der Waals surface area contributed by atoms with Gasteiger partial charge >= 0.3 is 0 Å². The predicted octanol–water partition coefficient (Wildman–Crippen LogP) is 3.51. The van der Waals surface area contributed by atoms with Gasteiger partial charge in [0.15, 0.2) is 0 Å². The van der Waals surface area contributed by atoms with Crippen LogP contribution in [-0.4, -0.2) is 10.5 Å². The number of benzene rings is 1. The molecule has 1 heterocycles. The van der Waals surface area contributed by atoms with Crippen molar-refractivity contribution < 1.29 is 4.79 Å². The topological polar surface area (TPSA) is 48.0 Å². The fraction of sp³-hybridized carbons (Fsp3) is 0.389. The molecule has 1 amide bonds. The van der Waals surface area contributed by atoms with Crippen LogP contribution in [0.2, 0.25) is 0 Å². The van der Waals surface area contributed by atoms with E-state index in [4.69, 9.17) is 5.73 Å². The quantitative estimate of drug-likeness (QED) is 0.704. The second kappa shape index (κ2) is 8.30. The first-order chi connectivity index (χ1) is 10.3. The van der Waals surface area contributed by atoms with Gasteiger partial charge in [0.2, 0.25) is 5.91 Å². The van der Waals surface area contributed by atoms with Crippen molar-refractivity contribution in [3.63, 3.8) is 0 Å². The number of primary amides is 1. The van der Waals surface area contributed by atoms with Crippen LogP contribution in [0.15, 0.2) is 48.7 Å². The second-order valence-electron chi connectivity index (χ2n) is 5.49. The molecule has 1 aromatic carbocycles. The summed E-state index contributed by atoms with van der Waals surface area (Å²) < 4.78 is 2.33. The van der Waals surface area contributed by atoms with E-state index in [0.29, 0.717) is 6.42 Å². The van der Waals surface area contributed by atoms with E-state index in [1.165, 1.54) is 11.3 Å². The molecule has 0 unspecified atom stereocenters. The molecule has 0 saturated heterocycles. The highest BCUT2D eigenvalue weighted by atomic mass is 16.1. The van der Waals surface area contributed by atoms with Gasteiger partial charge in [-0.25, -0.2) is 0 Å². The molecule has 0 radical (unpaired) electrons. The number of aryl methyl sites for hydroxylation is 1. The van der Waals surface area contributed by atoms with Gasteiger partial charge in [-0.1, -0.05) is 43.2 Å². The Hall–Kier alpha value is -2.03. The first-order valence-electron chi connectivity index (χ1n) is 7.72. The van der Waals surface area contributed by atoms with E-state index in [-0.39, 0.29) is 5.91 Å². The van der Waals surface area contributed by atoms with Crippen LogP contribution in [0.3, 0.4) is 0 Å². The van der Waals surface area contributed by atoms with Crippen LogP contribution in [0, 0.1) is 0 Å². The van der Waals surface area contributed by atoms with Crippen molar-refractivity contribution in [2.75, 3.05) is 0 Å². The van der Waals surface area contributed by atoms with Gasteiger partial charge in [0, 0.05) is 31.3 Å². The molecule has 0 aliphatic carbocycles. The highest BCUT2D eigenvalue weighted by Crippen LogP contribution is 2.12. The SMILES string of the molecule is NC(=O)CCCCCCn1cccc1Cc1ccccc1. The van der Waals surface area contributed by atoms with Gasteiger partial charge in [0.25, 0.3) is 0 Å². The van der Waals surface area contributed by atoms with E-state index < -0.39 is 0 Å². The minimum absolute atomic E-state index is 0.189. The normalized spacial score (nSPS) is 10.7. The summed E-state index contributed by atoms with van der Waals surface area (Å²) in [6, 6.07) is 14.9. The maximum absolute atomic E-state index is 10.7. The highest BCUT2D eigenvalue weighted by molar-refractivity contribution is 5.73. The summed E-state index contributed by atoms with van der Waals surface area (Å²) in [5.41, 5.74) is 7.84. The van der Waals surface area contributed by atoms with Crippen LogP contribution in [0.1, 0.15) is 43.4 Å². The predicted molar refractivity (Wildman–Crippen MR) is 86.0 cm³/mol. The molecule has 2 rings (SSSR count). The molecule has 0 saturated carbocycles. The first kappa shape index (κ1) is 15.4. The number of aromatic nitrogens is 1. The average Bonchev–Trinajstić information content (AvgIpc) is 2.91. The third-order valence-electron chi connectivity index (χ3n) is 3.72. The van der Waals surface area contributed by atoms with Gasteiger partial charge in [-0.3, -0.25) is 4.79 Å². The van der Waals surface area contributed by atoms with Crippen LogP contribution in [0.5, 0.6) is 0 Å². The second-order valence-corrected chi connectivity index (χ2v) is 5.49. The van der Waals surface area contributed by atoms with Crippen molar-refractivity contribution in [2.24, 2.45) is 5.73 Å². The Labute approximate surface area is 126 Å². The lowest BCUT2D eigenvalue weighted by Crippen LogP contribution is -2.09. The lowest BCUT2D eigenvalue weighted by atomic mass is 10.1. The van der Waals surface area contributed by atoms with Crippen molar-refractivity contribution in [1.82, 2.24) is 4.57 Å². The number of rotatable bonds is 9. The Bertz CT molecular complexity index is 545. The molecule has 21 heavy (non-hydrogen) atoms. The Kier molecular flexibility index (Phi) is 6.07. The van der Waals surface area contributed by atoms with Crippen molar-refractivity contribution >= 4 is 5.91 Å². The summed E-state index contributed by atoms with van der Waals surface area (Å²) in [5.74, 6) is -0.189. The van der Waals surface area contributed by atoms with Gasteiger partial charge in [0.1, 0.15) is 0 Å². The number of nitrogens with two attached hydrogens (primary N) is 1. The zero-order valence-corrected chi connectivity index (χ0v) is 12.5. The van der Waals surface area contributed by atoms with E-state index in [1.807, 2.05) is 0 Å². The third-order valence-corrected chi connectivity index (χ3v) is 3.72. The summed E-state index contributed by atoms with van der Waals surface area (Å²) in [7, 11) is 0. The van der Waals surface area contributed by atoms with Crippen LogP contribution >= 0.6 is 0 Å². The fourth-order valence-corrected chi connectivity index (χ4v) is 2.57. The number of hydrogen-bond donors (Lipinski definition) is 1. The van der Waals surface area contributed by atoms with Crippen molar-refractivity contribution in [3.8, 4) is 0 Å². The standard InChI is InChI=1S/C18H24N2O/c19-18(21)12-6-1-2-7-13-20-14-8-11-17(20)15-16-9-4-3-5-10-16/h3-5,8-11,14H,1-2,6-7,12-13,15H2,(H2,19,21). The van der Waals surface area contributed by atoms with E-state index in [0.717, 1.165) is 38.6 Å². The Morgan fingerprint density at radius 1 is 0.952 bits per heavy atom. The third kappa shape index (κ3) is 5.46. The molecule has 2 aromatic rings. The summed E-state index contributed by atoms with van der Waals surface area (Å²) in [6.07, 6.45) is 7.95. The number of carbonyl (C=O) groups excluding carboxylic acids is 1. The molecule has 3 nitrogen and oxygen atoms in total. The summed E-state index contributed by atoms with van der Waals surface area (Å²) in [4.78, 5) is 10.7. The molecule has 1 aromatic heterocycles. The summed E-state index contributed by atoms with van der Waals surface area (Å²) in [5, 5.41) is 0. The van der Waals surface area contributed by atoms with Gasteiger partial charge in [-0.15, -0.1) is 0 Å². The highest BCUT2D eigenvalue weighted by Gasteiger charge is 2.02. The fourth-order valence-electron chi connectivity index (χ4n) is 2.57. The minimum Gasteiger partial charge on any atom is -0.370 e. The number of nitrogens with zero attached hydrogens (tertiary/aromatic N) is 1. The van der Waals surface area contributed by atoms with Gasteiger partial charge < -0.3 is 10.3 Å². The van der Waals surface area contributed by atoms with E-state index in [9.17, 15) is 4.79 Å².